The number of rotatable bonds is 6. The number of hydrogen-bond acceptors (Lipinski definition) is 8. The summed E-state index contributed by atoms with van der Waals surface area (Å²) < 4.78 is 11.5. The maximum absolute atomic E-state index is 10.7. The molecular weight excluding hydrogens is 384 g/mol. The fourth-order valence-corrected chi connectivity index (χ4v) is 7.24. The summed E-state index contributed by atoms with van der Waals surface area (Å²) in [5.74, 6) is 4.27. The van der Waals surface area contributed by atoms with Gasteiger partial charge in [-0.05, 0) is 43.9 Å². The number of aromatic nitrogens is 4. The number of aryl methyl sites for hydroxylation is 1. The average Bonchev–Trinajstić information content (AvgIpc) is 3.32. The molecular formula is C21H26N6O3. The van der Waals surface area contributed by atoms with E-state index in [4.69, 9.17) is 9.47 Å². The molecule has 4 saturated carbocycles. The van der Waals surface area contributed by atoms with Crippen LogP contribution in [0.3, 0.4) is 0 Å². The Morgan fingerprint density at radius 3 is 2.87 bits per heavy atom. The van der Waals surface area contributed by atoms with Crippen molar-refractivity contribution in [1.29, 1.82) is 0 Å². The van der Waals surface area contributed by atoms with Gasteiger partial charge in [0.25, 0.3) is 0 Å². The zero-order valence-corrected chi connectivity index (χ0v) is 16.9. The number of aliphatic hydroxyl groups is 1. The smallest absolute Gasteiger partial charge is 0.228 e. The molecule has 4 aliphatic carbocycles. The van der Waals surface area contributed by atoms with E-state index >= 15 is 0 Å². The minimum Gasteiger partial charge on any atom is -0.472 e. The van der Waals surface area contributed by atoms with Gasteiger partial charge in [-0.15, -0.1) is 0 Å². The topological polar surface area (TPSA) is 117 Å². The quantitative estimate of drug-likeness (QED) is 0.571. The molecule has 0 amide bonds. The predicted octanol–water partition coefficient (Wildman–Crippen LogP) is 1.99. The maximum Gasteiger partial charge on any atom is 0.228 e. The molecule has 3 heterocycles. The number of nitrogens with zero attached hydrogens (tertiary/aromatic N) is 3. The van der Waals surface area contributed by atoms with Gasteiger partial charge in [-0.2, -0.15) is 15.1 Å². The summed E-state index contributed by atoms with van der Waals surface area (Å²) in [6.45, 7) is 3.26. The Hall–Kier alpha value is -2.39. The van der Waals surface area contributed by atoms with Crippen LogP contribution in [0.4, 0.5) is 17.6 Å². The molecule has 30 heavy (non-hydrogen) atoms. The van der Waals surface area contributed by atoms with Crippen molar-refractivity contribution in [2.75, 3.05) is 23.8 Å². The number of H-pyrrole nitrogens is 1. The molecule has 7 atom stereocenters. The van der Waals surface area contributed by atoms with E-state index in [1.54, 1.807) is 0 Å². The third-order valence-electron chi connectivity index (χ3n) is 8.39. The van der Waals surface area contributed by atoms with Crippen molar-refractivity contribution in [2.24, 2.45) is 23.2 Å². The lowest BCUT2D eigenvalue weighted by Gasteiger charge is -2.91. The van der Waals surface area contributed by atoms with Gasteiger partial charge in [0.05, 0.1) is 18.8 Å². The number of hydrogen-bond donors (Lipinski definition) is 4. The molecule has 9 nitrogen and oxygen atoms in total. The molecule has 0 radical (unpaired) electrons. The molecule has 0 aromatic carbocycles. The highest BCUT2D eigenvalue weighted by Gasteiger charge is 2.91. The first-order chi connectivity index (χ1) is 14.5. The Kier molecular flexibility index (Phi) is 3.26. The van der Waals surface area contributed by atoms with Gasteiger partial charge in [-0.25, -0.2) is 0 Å². The van der Waals surface area contributed by atoms with Crippen LogP contribution in [0.5, 0.6) is 5.88 Å². The Labute approximate surface area is 174 Å². The monoisotopic (exact) mass is 410 g/mol. The van der Waals surface area contributed by atoms with Gasteiger partial charge >= 0.3 is 0 Å². The molecule has 4 N–H and O–H groups in total. The minimum absolute atomic E-state index is 0.0178. The standard InChI is InChI=1S/C21H26N6O3/c1-10-4-16(27-26-10)22-15-6-17(30-12-2-3-29-9-12)24-19(23-15)25-18-13-5-11-7-20(28)8-14(18)21(11,13)20/h4,6,11-14,18,28H,2-3,5,7-9H2,1H3,(H3,22,23,24,25,26,27)/t11?,12-,13?,14?,18?,20?,21?/m1/s1. The Morgan fingerprint density at radius 1 is 1.23 bits per heavy atom. The van der Waals surface area contributed by atoms with E-state index < -0.39 is 0 Å². The van der Waals surface area contributed by atoms with Crippen LogP contribution in [0.2, 0.25) is 0 Å². The largest absolute Gasteiger partial charge is 0.472 e. The molecule has 6 unspecified atom stereocenters. The van der Waals surface area contributed by atoms with Crippen molar-refractivity contribution in [3.05, 3.63) is 17.8 Å². The highest BCUT2D eigenvalue weighted by atomic mass is 16.5. The molecule has 1 saturated heterocycles. The molecule has 158 valence electrons. The molecule has 9 heteroatoms. The Bertz CT molecular complexity index is 1010. The summed E-state index contributed by atoms with van der Waals surface area (Å²) in [6.07, 6.45) is 4.01. The van der Waals surface area contributed by atoms with E-state index in [1.165, 1.54) is 6.42 Å². The lowest BCUT2D eigenvalue weighted by atomic mass is 9.15. The summed E-state index contributed by atoms with van der Waals surface area (Å²) in [5, 5.41) is 24.7. The third-order valence-corrected chi connectivity index (χ3v) is 8.39. The van der Waals surface area contributed by atoms with Crippen LogP contribution in [0.25, 0.3) is 0 Å². The first-order valence-electron chi connectivity index (χ1n) is 11.0. The number of aromatic amines is 1. The lowest BCUT2D eigenvalue weighted by molar-refractivity contribution is -0.453. The SMILES string of the molecule is Cc1cc(Nc2cc(O[C@@H]3CCOC3)nc(NC3C4CC5CC6(O)CC3C546)n2)n[nH]1. The first kappa shape index (κ1) is 17.3. The van der Waals surface area contributed by atoms with Crippen LogP contribution in [-0.2, 0) is 4.74 Å². The van der Waals surface area contributed by atoms with Gasteiger partial charge in [-0.3, -0.25) is 5.10 Å². The van der Waals surface area contributed by atoms with Crippen LogP contribution < -0.4 is 15.4 Å². The van der Waals surface area contributed by atoms with Gasteiger partial charge in [0, 0.05) is 35.7 Å². The van der Waals surface area contributed by atoms with Crippen LogP contribution in [0.1, 0.15) is 31.4 Å². The predicted molar refractivity (Wildman–Crippen MR) is 108 cm³/mol. The van der Waals surface area contributed by atoms with Gasteiger partial charge < -0.3 is 25.2 Å². The normalized spacial score (nSPS) is 42.0. The van der Waals surface area contributed by atoms with E-state index in [1.807, 2.05) is 19.1 Å². The van der Waals surface area contributed by atoms with Gasteiger partial charge in [-0.1, -0.05) is 0 Å². The van der Waals surface area contributed by atoms with Crippen LogP contribution >= 0.6 is 0 Å². The summed E-state index contributed by atoms with van der Waals surface area (Å²) in [7, 11) is 0. The molecule has 1 aliphatic heterocycles. The van der Waals surface area contributed by atoms with Crippen molar-refractivity contribution in [1.82, 2.24) is 20.2 Å². The molecule has 5 aliphatic rings. The summed E-state index contributed by atoms with van der Waals surface area (Å²) in [4.78, 5) is 9.33. The molecule has 0 bridgehead atoms. The molecule has 7 rings (SSSR count). The van der Waals surface area contributed by atoms with Crippen molar-refractivity contribution >= 4 is 17.6 Å². The van der Waals surface area contributed by atoms with Crippen molar-refractivity contribution in [3.8, 4) is 5.88 Å². The zero-order valence-electron chi connectivity index (χ0n) is 16.9. The van der Waals surface area contributed by atoms with E-state index in [2.05, 4.69) is 30.8 Å². The Morgan fingerprint density at radius 2 is 2.17 bits per heavy atom. The molecule has 1 spiro atoms. The number of anilines is 3. The molecule has 2 aromatic rings. The summed E-state index contributed by atoms with van der Waals surface area (Å²) in [5.41, 5.74) is 0.817. The Balaban J connectivity index is 1.14. The van der Waals surface area contributed by atoms with Crippen LogP contribution in [0, 0.1) is 30.1 Å². The summed E-state index contributed by atoms with van der Waals surface area (Å²) in [6, 6.07) is 4.08. The van der Waals surface area contributed by atoms with E-state index in [-0.39, 0.29) is 17.1 Å². The second kappa shape index (κ2) is 5.64. The first-order valence-corrected chi connectivity index (χ1v) is 11.0. The zero-order chi connectivity index (χ0) is 20.1. The van der Waals surface area contributed by atoms with Gasteiger partial charge in [0.1, 0.15) is 11.9 Å². The second-order valence-electron chi connectivity index (χ2n) is 9.77. The summed E-state index contributed by atoms with van der Waals surface area (Å²) >= 11 is 0. The third kappa shape index (κ3) is 2.07. The lowest BCUT2D eigenvalue weighted by Crippen LogP contribution is -2.94. The number of ether oxygens (including phenoxy) is 2. The van der Waals surface area contributed by atoms with Gasteiger partial charge in [0.15, 0.2) is 5.82 Å². The number of nitrogens with one attached hydrogen (secondary N) is 3. The van der Waals surface area contributed by atoms with Crippen molar-refractivity contribution < 1.29 is 14.6 Å². The minimum atomic E-state index is -0.373. The second-order valence-corrected chi connectivity index (χ2v) is 9.77. The average molecular weight is 410 g/mol. The maximum atomic E-state index is 10.7. The van der Waals surface area contributed by atoms with Gasteiger partial charge in [0.2, 0.25) is 11.8 Å². The van der Waals surface area contributed by atoms with E-state index in [0.717, 1.165) is 37.5 Å². The molecule has 2 aromatic heterocycles. The highest BCUT2D eigenvalue weighted by molar-refractivity contribution is 5.56. The van der Waals surface area contributed by atoms with E-state index in [0.29, 0.717) is 47.9 Å². The van der Waals surface area contributed by atoms with Crippen LogP contribution in [0.15, 0.2) is 12.1 Å². The fourth-order valence-electron chi connectivity index (χ4n) is 7.24. The van der Waals surface area contributed by atoms with E-state index in [9.17, 15) is 5.11 Å². The van der Waals surface area contributed by atoms with Crippen molar-refractivity contribution in [2.45, 2.75) is 50.4 Å². The van der Waals surface area contributed by atoms with Crippen LogP contribution in [-0.4, -0.2) is 56.2 Å². The fraction of sp³-hybridized carbons (Fsp3) is 0.667. The highest BCUT2D eigenvalue weighted by Crippen LogP contribution is 2.89. The molecule has 5 fully saturated rings. The van der Waals surface area contributed by atoms with Crippen molar-refractivity contribution in [3.63, 3.8) is 0 Å².